The molecule has 2 aromatic carbocycles. The summed E-state index contributed by atoms with van der Waals surface area (Å²) in [6.07, 6.45) is 0.795. The van der Waals surface area contributed by atoms with E-state index in [1.807, 2.05) is 61.7 Å². The first kappa shape index (κ1) is 22.2. The normalized spacial score (nSPS) is 10.9. The van der Waals surface area contributed by atoms with Gasteiger partial charge in [-0.15, -0.1) is 0 Å². The topological polar surface area (TPSA) is 85.6 Å². The number of para-hydroxylation sites is 1. The molecule has 0 aliphatic rings. The molecule has 168 valence electrons. The van der Waals surface area contributed by atoms with Crippen LogP contribution in [0.5, 0.6) is 0 Å². The Labute approximate surface area is 192 Å². The van der Waals surface area contributed by atoms with Crippen molar-refractivity contribution in [2.75, 3.05) is 5.32 Å². The first-order valence-corrected chi connectivity index (χ1v) is 10.8. The van der Waals surface area contributed by atoms with Crippen LogP contribution in [0.15, 0.2) is 60.7 Å². The van der Waals surface area contributed by atoms with E-state index in [-0.39, 0.29) is 24.9 Å². The fourth-order valence-corrected chi connectivity index (χ4v) is 3.74. The molecule has 0 spiro atoms. The van der Waals surface area contributed by atoms with Crippen molar-refractivity contribution in [1.82, 2.24) is 14.6 Å². The van der Waals surface area contributed by atoms with E-state index in [2.05, 4.69) is 15.4 Å². The van der Waals surface area contributed by atoms with Crippen LogP contribution in [0.4, 0.5) is 5.69 Å². The van der Waals surface area contributed by atoms with Gasteiger partial charge in [-0.05, 0) is 62.6 Å². The molecule has 0 saturated heterocycles. The second-order valence-electron chi connectivity index (χ2n) is 7.99. The number of fused-ring (bicyclic) bond motifs is 1. The number of aromatic nitrogens is 3. The summed E-state index contributed by atoms with van der Waals surface area (Å²) in [4.78, 5) is 29.3. The predicted octanol–water partition coefficient (Wildman–Crippen LogP) is 4.58. The van der Waals surface area contributed by atoms with Gasteiger partial charge in [-0.3, -0.25) is 9.59 Å². The molecule has 0 aliphatic heterocycles. The van der Waals surface area contributed by atoms with Crippen molar-refractivity contribution in [2.24, 2.45) is 0 Å². The van der Waals surface area contributed by atoms with Gasteiger partial charge in [0.05, 0.1) is 5.69 Å². The third-order valence-electron chi connectivity index (χ3n) is 5.51. The van der Waals surface area contributed by atoms with E-state index in [1.165, 1.54) is 0 Å². The number of rotatable bonds is 7. The average Bonchev–Trinajstić information content (AvgIpc) is 3.18. The van der Waals surface area contributed by atoms with Crippen LogP contribution in [-0.2, 0) is 22.6 Å². The largest absolute Gasteiger partial charge is 0.461 e. The SMILES string of the molecule is Cc1cc2nc(C)c(CCC(=O)OCc3ccc(C(=O)Nc4ccccc4)cc3)c(C)n2n1. The van der Waals surface area contributed by atoms with Gasteiger partial charge in [0.2, 0.25) is 0 Å². The summed E-state index contributed by atoms with van der Waals surface area (Å²) < 4.78 is 7.25. The fraction of sp³-hybridized carbons (Fsp3) is 0.231. The lowest BCUT2D eigenvalue weighted by Crippen LogP contribution is -2.12. The number of nitrogens with one attached hydrogen (secondary N) is 1. The molecule has 33 heavy (non-hydrogen) atoms. The highest BCUT2D eigenvalue weighted by Crippen LogP contribution is 2.17. The van der Waals surface area contributed by atoms with Crippen molar-refractivity contribution in [3.05, 3.63) is 94.4 Å². The molecule has 4 aromatic rings. The van der Waals surface area contributed by atoms with E-state index in [0.717, 1.165) is 39.5 Å². The zero-order valence-corrected chi connectivity index (χ0v) is 19.0. The summed E-state index contributed by atoms with van der Waals surface area (Å²) >= 11 is 0. The molecule has 7 nitrogen and oxygen atoms in total. The number of amides is 1. The van der Waals surface area contributed by atoms with E-state index in [1.54, 1.807) is 24.3 Å². The number of nitrogens with zero attached hydrogens (tertiary/aromatic N) is 3. The lowest BCUT2D eigenvalue weighted by atomic mass is 10.1. The number of anilines is 1. The molecule has 2 aromatic heterocycles. The van der Waals surface area contributed by atoms with Gasteiger partial charge >= 0.3 is 5.97 Å². The molecular formula is C26H26N4O3. The van der Waals surface area contributed by atoms with Crippen LogP contribution >= 0.6 is 0 Å². The van der Waals surface area contributed by atoms with E-state index in [9.17, 15) is 9.59 Å². The molecule has 0 unspecified atom stereocenters. The lowest BCUT2D eigenvalue weighted by Gasteiger charge is -2.11. The molecule has 0 atom stereocenters. The molecular weight excluding hydrogens is 416 g/mol. The third kappa shape index (κ3) is 5.26. The molecule has 1 N–H and O–H groups in total. The Bertz CT molecular complexity index is 1290. The molecule has 0 bridgehead atoms. The number of aryl methyl sites for hydroxylation is 3. The van der Waals surface area contributed by atoms with Crippen molar-refractivity contribution in [3.8, 4) is 0 Å². The van der Waals surface area contributed by atoms with Gasteiger partial charge in [0.15, 0.2) is 5.65 Å². The molecule has 0 fully saturated rings. The highest BCUT2D eigenvalue weighted by molar-refractivity contribution is 6.04. The van der Waals surface area contributed by atoms with Crippen LogP contribution in [0, 0.1) is 20.8 Å². The number of hydrogen-bond donors (Lipinski definition) is 1. The van der Waals surface area contributed by atoms with Gasteiger partial charge in [-0.1, -0.05) is 30.3 Å². The Hall–Kier alpha value is -4.00. The van der Waals surface area contributed by atoms with Crippen LogP contribution in [-0.4, -0.2) is 26.5 Å². The second kappa shape index (κ2) is 9.65. The molecule has 0 saturated carbocycles. The molecule has 7 heteroatoms. The van der Waals surface area contributed by atoms with E-state index >= 15 is 0 Å². The number of hydrogen-bond acceptors (Lipinski definition) is 5. The minimum absolute atomic E-state index is 0.160. The van der Waals surface area contributed by atoms with Gasteiger partial charge < -0.3 is 10.1 Å². The first-order valence-electron chi connectivity index (χ1n) is 10.8. The summed E-state index contributed by atoms with van der Waals surface area (Å²) in [6, 6.07) is 18.3. The Balaban J connectivity index is 1.30. The number of benzene rings is 2. The zero-order valence-electron chi connectivity index (χ0n) is 19.0. The summed E-state index contributed by atoms with van der Waals surface area (Å²) in [5, 5.41) is 7.32. The van der Waals surface area contributed by atoms with Crippen LogP contribution in [0.25, 0.3) is 5.65 Å². The number of carbonyl (C=O) groups is 2. The molecule has 2 heterocycles. The van der Waals surface area contributed by atoms with Gasteiger partial charge in [0.1, 0.15) is 6.61 Å². The van der Waals surface area contributed by atoms with Gasteiger partial charge in [0, 0.05) is 35.1 Å². The Morgan fingerprint density at radius 2 is 1.73 bits per heavy atom. The van der Waals surface area contributed by atoms with Crippen LogP contribution < -0.4 is 5.32 Å². The van der Waals surface area contributed by atoms with Gasteiger partial charge in [-0.2, -0.15) is 5.10 Å². The minimum Gasteiger partial charge on any atom is -0.461 e. The summed E-state index contributed by atoms with van der Waals surface area (Å²) in [7, 11) is 0. The summed E-state index contributed by atoms with van der Waals surface area (Å²) in [6.45, 7) is 6.03. The van der Waals surface area contributed by atoms with Gasteiger partial charge in [0.25, 0.3) is 5.91 Å². The van der Waals surface area contributed by atoms with Crippen molar-refractivity contribution < 1.29 is 14.3 Å². The van der Waals surface area contributed by atoms with Crippen molar-refractivity contribution in [2.45, 2.75) is 40.2 Å². The molecule has 4 rings (SSSR count). The second-order valence-corrected chi connectivity index (χ2v) is 7.99. The number of esters is 1. The third-order valence-corrected chi connectivity index (χ3v) is 5.51. The highest BCUT2D eigenvalue weighted by atomic mass is 16.5. The maximum Gasteiger partial charge on any atom is 0.306 e. The Kier molecular flexibility index (Phi) is 6.49. The zero-order chi connectivity index (χ0) is 23.4. The summed E-state index contributed by atoms with van der Waals surface area (Å²) in [5.41, 5.74) is 6.72. The molecule has 0 radical (unpaired) electrons. The average molecular weight is 443 g/mol. The summed E-state index contributed by atoms with van der Waals surface area (Å²) in [5.74, 6) is -0.468. The monoisotopic (exact) mass is 442 g/mol. The minimum atomic E-state index is -0.281. The van der Waals surface area contributed by atoms with Crippen LogP contribution in [0.3, 0.4) is 0 Å². The molecule has 1 amide bonds. The Morgan fingerprint density at radius 1 is 1.00 bits per heavy atom. The van der Waals surface area contributed by atoms with Crippen LogP contribution in [0.2, 0.25) is 0 Å². The van der Waals surface area contributed by atoms with E-state index < -0.39 is 0 Å². The Morgan fingerprint density at radius 3 is 2.45 bits per heavy atom. The van der Waals surface area contributed by atoms with Crippen molar-refractivity contribution in [1.29, 1.82) is 0 Å². The quantitative estimate of drug-likeness (QED) is 0.423. The standard InChI is InChI=1S/C26H26N4O3/c1-17-15-24-27-18(2)23(19(3)30(24)29-17)13-14-25(31)33-16-20-9-11-21(12-10-20)26(32)28-22-7-5-4-6-8-22/h4-12,15H,13-14,16H2,1-3H3,(H,28,32). The highest BCUT2D eigenvalue weighted by Gasteiger charge is 2.14. The number of ether oxygens (including phenoxy) is 1. The fourth-order valence-electron chi connectivity index (χ4n) is 3.74. The van der Waals surface area contributed by atoms with E-state index in [4.69, 9.17) is 4.74 Å². The predicted molar refractivity (Wildman–Crippen MR) is 126 cm³/mol. The maximum atomic E-state index is 12.3. The first-order chi connectivity index (χ1) is 15.9. The maximum absolute atomic E-state index is 12.3. The van der Waals surface area contributed by atoms with E-state index in [0.29, 0.717) is 12.0 Å². The molecule has 0 aliphatic carbocycles. The van der Waals surface area contributed by atoms with Crippen LogP contribution in [0.1, 0.15) is 45.0 Å². The van der Waals surface area contributed by atoms with Crippen molar-refractivity contribution >= 4 is 23.2 Å². The lowest BCUT2D eigenvalue weighted by molar-refractivity contribution is -0.144. The smallest absolute Gasteiger partial charge is 0.306 e. The number of carbonyl (C=O) groups excluding carboxylic acids is 2. The van der Waals surface area contributed by atoms with Crippen molar-refractivity contribution in [3.63, 3.8) is 0 Å². The van der Waals surface area contributed by atoms with Gasteiger partial charge in [-0.25, -0.2) is 9.50 Å².